The second-order valence-corrected chi connectivity index (χ2v) is 7.13. The van der Waals surface area contributed by atoms with E-state index in [1.165, 1.54) is 0 Å². The van der Waals surface area contributed by atoms with Gasteiger partial charge in [-0.05, 0) is 19.9 Å². The first-order chi connectivity index (χ1) is 12.9. The van der Waals surface area contributed by atoms with Gasteiger partial charge in [0.05, 0.1) is 5.69 Å². The number of rotatable bonds is 4. The Morgan fingerprint density at radius 3 is 2.70 bits per heavy atom. The molecule has 9 nitrogen and oxygen atoms in total. The van der Waals surface area contributed by atoms with Gasteiger partial charge in [-0.15, -0.1) is 10.2 Å². The minimum atomic E-state index is 0.140. The summed E-state index contributed by atoms with van der Waals surface area (Å²) in [4.78, 5) is 14.7. The third-order valence-corrected chi connectivity index (χ3v) is 5.16. The molecule has 3 aromatic heterocycles. The molecule has 27 heavy (non-hydrogen) atoms. The van der Waals surface area contributed by atoms with E-state index >= 15 is 0 Å². The maximum absolute atomic E-state index is 12.8. The normalized spacial score (nSPS) is 13.9. The van der Waals surface area contributed by atoms with Crippen molar-refractivity contribution in [3.63, 3.8) is 0 Å². The molecule has 0 fully saturated rings. The van der Waals surface area contributed by atoms with Gasteiger partial charge in [-0.25, -0.2) is 0 Å². The van der Waals surface area contributed by atoms with E-state index < -0.39 is 0 Å². The predicted octanol–water partition coefficient (Wildman–Crippen LogP) is 1.00. The van der Waals surface area contributed by atoms with Gasteiger partial charge in [0.25, 0.3) is 0 Å². The first-order valence-electron chi connectivity index (χ1n) is 9.12. The second-order valence-electron chi connectivity index (χ2n) is 7.13. The van der Waals surface area contributed by atoms with E-state index in [-0.39, 0.29) is 5.91 Å². The quantitative estimate of drug-likeness (QED) is 0.686. The molecule has 0 unspecified atom stereocenters. The van der Waals surface area contributed by atoms with Crippen molar-refractivity contribution < 1.29 is 4.79 Å². The molecule has 142 valence electrons. The Hall–Kier alpha value is -2.97. The van der Waals surface area contributed by atoms with E-state index in [1.54, 1.807) is 6.33 Å². The fourth-order valence-corrected chi connectivity index (χ4v) is 3.74. The van der Waals surface area contributed by atoms with Gasteiger partial charge in [-0.1, -0.05) is 0 Å². The Morgan fingerprint density at radius 1 is 1.22 bits per heavy atom. The Labute approximate surface area is 157 Å². The minimum Gasteiger partial charge on any atom is -0.338 e. The molecule has 4 heterocycles. The second kappa shape index (κ2) is 6.64. The van der Waals surface area contributed by atoms with Crippen LogP contribution in [0.5, 0.6) is 0 Å². The third-order valence-electron chi connectivity index (χ3n) is 5.16. The average Bonchev–Trinajstić information content (AvgIpc) is 3.30. The highest BCUT2D eigenvalue weighted by Gasteiger charge is 2.28. The molecule has 1 aliphatic heterocycles. The van der Waals surface area contributed by atoms with E-state index in [2.05, 4.69) is 20.4 Å². The summed E-state index contributed by atoms with van der Waals surface area (Å²) in [6.45, 7) is 5.85. The lowest BCUT2D eigenvalue weighted by atomic mass is 10.0. The van der Waals surface area contributed by atoms with Gasteiger partial charge < -0.3 is 9.47 Å². The standard InChI is InChI=1S/C18H24N8O/c1-12-9-13(2)26(21-12)8-6-16(27)25-7-5-15-14(10-25)17(22-24(15)4)18-20-19-11-23(18)3/h9,11H,5-8,10H2,1-4H3. The number of aryl methyl sites for hydroxylation is 5. The monoisotopic (exact) mass is 368 g/mol. The van der Waals surface area contributed by atoms with Crippen LogP contribution in [0.1, 0.15) is 29.1 Å². The Morgan fingerprint density at radius 2 is 2.04 bits per heavy atom. The summed E-state index contributed by atoms with van der Waals surface area (Å²) >= 11 is 0. The largest absolute Gasteiger partial charge is 0.338 e. The summed E-state index contributed by atoms with van der Waals surface area (Å²) in [6.07, 6.45) is 2.90. The van der Waals surface area contributed by atoms with E-state index in [1.807, 2.05) is 52.8 Å². The van der Waals surface area contributed by atoms with Crippen LogP contribution < -0.4 is 0 Å². The van der Waals surface area contributed by atoms with Crippen LogP contribution >= 0.6 is 0 Å². The van der Waals surface area contributed by atoms with Gasteiger partial charge >= 0.3 is 0 Å². The number of hydrogen-bond donors (Lipinski definition) is 0. The van der Waals surface area contributed by atoms with Crippen LogP contribution in [0, 0.1) is 13.8 Å². The van der Waals surface area contributed by atoms with Crippen molar-refractivity contribution >= 4 is 5.91 Å². The summed E-state index contributed by atoms with van der Waals surface area (Å²) in [5.74, 6) is 0.866. The summed E-state index contributed by atoms with van der Waals surface area (Å²) < 4.78 is 5.65. The molecule has 0 saturated heterocycles. The molecular formula is C18H24N8O. The van der Waals surface area contributed by atoms with Crippen LogP contribution in [-0.2, 0) is 38.4 Å². The molecule has 1 aliphatic rings. The summed E-state index contributed by atoms with van der Waals surface area (Å²) in [5, 5.41) is 17.2. The SMILES string of the molecule is Cc1cc(C)n(CCC(=O)N2CCc3c(c(-c4nncn4C)nn3C)C2)n1. The van der Waals surface area contributed by atoms with Crippen LogP contribution in [0.15, 0.2) is 12.4 Å². The summed E-state index contributed by atoms with van der Waals surface area (Å²) in [7, 11) is 3.84. The van der Waals surface area contributed by atoms with E-state index in [4.69, 9.17) is 0 Å². The van der Waals surface area contributed by atoms with Gasteiger partial charge in [0.2, 0.25) is 5.91 Å². The molecule has 0 bridgehead atoms. The van der Waals surface area contributed by atoms with Crippen molar-refractivity contribution in [3.8, 4) is 11.5 Å². The molecule has 4 rings (SSSR count). The molecule has 0 aliphatic carbocycles. The molecule has 9 heteroatoms. The lowest BCUT2D eigenvalue weighted by Crippen LogP contribution is -2.36. The number of aromatic nitrogens is 7. The van der Waals surface area contributed by atoms with Crippen molar-refractivity contribution in [1.82, 2.24) is 39.2 Å². The maximum atomic E-state index is 12.8. The van der Waals surface area contributed by atoms with Gasteiger partial charge in [-0.2, -0.15) is 10.2 Å². The highest BCUT2D eigenvalue weighted by Crippen LogP contribution is 2.28. The molecule has 0 radical (unpaired) electrons. The van der Waals surface area contributed by atoms with Crippen LogP contribution in [0.4, 0.5) is 0 Å². The fraction of sp³-hybridized carbons (Fsp3) is 0.500. The zero-order valence-electron chi connectivity index (χ0n) is 16.2. The first-order valence-corrected chi connectivity index (χ1v) is 9.12. The molecule has 0 aromatic carbocycles. The van der Waals surface area contributed by atoms with E-state index in [0.29, 0.717) is 26.1 Å². The van der Waals surface area contributed by atoms with E-state index in [9.17, 15) is 4.79 Å². The molecule has 0 atom stereocenters. The van der Waals surface area contributed by atoms with Gasteiger partial charge in [0, 0.05) is 63.5 Å². The predicted molar refractivity (Wildman–Crippen MR) is 98.6 cm³/mol. The lowest BCUT2D eigenvalue weighted by molar-refractivity contribution is -0.132. The minimum absolute atomic E-state index is 0.140. The highest BCUT2D eigenvalue weighted by molar-refractivity contribution is 5.77. The Balaban J connectivity index is 1.51. The molecule has 0 saturated carbocycles. The maximum Gasteiger partial charge on any atom is 0.224 e. The average molecular weight is 368 g/mol. The smallest absolute Gasteiger partial charge is 0.224 e. The van der Waals surface area contributed by atoms with Gasteiger partial charge in [0.1, 0.15) is 12.0 Å². The number of nitrogens with zero attached hydrogens (tertiary/aromatic N) is 8. The van der Waals surface area contributed by atoms with Crippen molar-refractivity contribution in [2.45, 2.75) is 39.8 Å². The zero-order valence-corrected chi connectivity index (χ0v) is 16.2. The fourth-order valence-electron chi connectivity index (χ4n) is 3.74. The summed E-state index contributed by atoms with van der Waals surface area (Å²) in [6, 6.07) is 2.03. The third kappa shape index (κ3) is 3.13. The van der Waals surface area contributed by atoms with E-state index in [0.717, 1.165) is 40.6 Å². The summed E-state index contributed by atoms with van der Waals surface area (Å²) in [5.41, 5.74) is 5.10. The van der Waals surface area contributed by atoms with Gasteiger partial charge in [-0.3, -0.25) is 14.2 Å². The van der Waals surface area contributed by atoms with Crippen LogP contribution in [0.3, 0.4) is 0 Å². The number of hydrogen-bond acceptors (Lipinski definition) is 5. The van der Waals surface area contributed by atoms with Crippen LogP contribution in [0.25, 0.3) is 11.5 Å². The molecular weight excluding hydrogens is 344 g/mol. The Bertz CT molecular complexity index is 995. The molecule has 0 N–H and O–H groups in total. The lowest BCUT2D eigenvalue weighted by Gasteiger charge is -2.27. The van der Waals surface area contributed by atoms with Crippen molar-refractivity contribution in [2.24, 2.45) is 14.1 Å². The van der Waals surface area contributed by atoms with Crippen molar-refractivity contribution in [3.05, 3.63) is 35.0 Å². The topological polar surface area (TPSA) is 86.7 Å². The molecule has 1 amide bonds. The Kier molecular flexibility index (Phi) is 4.29. The zero-order chi connectivity index (χ0) is 19.1. The van der Waals surface area contributed by atoms with Crippen molar-refractivity contribution in [2.75, 3.05) is 6.54 Å². The number of fused-ring (bicyclic) bond motifs is 1. The van der Waals surface area contributed by atoms with Crippen LogP contribution in [0.2, 0.25) is 0 Å². The highest BCUT2D eigenvalue weighted by atomic mass is 16.2. The first kappa shape index (κ1) is 17.4. The number of carbonyl (C=O) groups excluding carboxylic acids is 1. The van der Waals surface area contributed by atoms with Crippen LogP contribution in [-0.4, -0.2) is 51.7 Å². The number of carbonyl (C=O) groups is 1. The van der Waals surface area contributed by atoms with Crippen molar-refractivity contribution in [1.29, 1.82) is 0 Å². The van der Waals surface area contributed by atoms with Gasteiger partial charge in [0.15, 0.2) is 5.82 Å². The molecule has 3 aromatic rings. The molecule has 0 spiro atoms. The number of amides is 1.